The number of benzene rings is 2. The van der Waals surface area contributed by atoms with Crippen molar-refractivity contribution in [2.75, 3.05) is 17.2 Å². The summed E-state index contributed by atoms with van der Waals surface area (Å²) in [6.45, 7) is 7.10. The Morgan fingerprint density at radius 2 is 1.71 bits per heavy atom. The molecule has 2 aromatic rings. The monoisotopic (exact) mass is 401 g/mol. The number of rotatable bonds is 5. The first-order valence-corrected chi connectivity index (χ1v) is 9.20. The summed E-state index contributed by atoms with van der Waals surface area (Å²) >= 11 is 6.09. The first kappa shape index (κ1) is 21.4. The zero-order valence-electron chi connectivity index (χ0n) is 16.4. The fourth-order valence-electron chi connectivity index (χ4n) is 2.24. The zero-order chi connectivity index (χ0) is 20.9. The van der Waals surface area contributed by atoms with Crippen molar-refractivity contribution in [3.63, 3.8) is 0 Å². The summed E-state index contributed by atoms with van der Waals surface area (Å²) in [7, 11) is 0. The second-order valence-electron chi connectivity index (χ2n) is 7.50. The van der Waals surface area contributed by atoms with Gasteiger partial charge in [-0.15, -0.1) is 0 Å². The van der Waals surface area contributed by atoms with Gasteiger partial charge in [0.1, 0.15) is 0 Å². The number of anilines is 2. The SMILES string of the molecule is Cc1ccc(NC(=O)CNC(=O)c2cccc(NC(=O)C(C)(C)C)c2)c(Cl)c1. The van der Waals surface area contributed by atoms with E-state index >= 15 is 0 Å². The Balaban J connectivity index is 1.94. The molecule has 0 aliphatic heterocycles. The first-order chi connectivity index (χ1) is 13.1. The molecule has 7 heteroatoms. The van der Waals surface area contributed by atoms with Gasteiger partial charge >= 0.3 is 0 Å². The van der Waals surface area contributed by atoms with E-state index < -0.39 is 17.2 Å². The molecule has 0 saturated carbocycles. The first-order valence-electron chi connectivity index (χ1n) is 8.82. The van der Waals surface area contributed by atoms with E-state index in [0.717, 1.165) is 5.56 Å². The molecule has 0 saturated heterocycles. The molecular formula is C21H24ClN3O3. The van der Waals surface area contributed by atoms with Crippen LogP contribution < -0.4 is 16.0 Å². The molecule has 0 spiro atoms. The molecule has 0 atom stereocenters. The molecular weight excluding hydrogens is 378 g/mol. The lowest BCUT2D eigenvalue weighted by Crippen LogP contribution is -2.33. The van der Waals surface area contributed by atoms with E-state index in [0.29, 0.717) is 22.0 Å². The topological polar surface area (TPSA) is 87.3 Å². The molecule has 3 N–H and O–H groups in total. The summed E-state index contributed by atoms with van der Waals surface area (Å²) in [6, 6.07) is 11.8. The second-order valence-corrected chi connectivity index (χ2v) is 7.91. The lowest BCUT2D eigenvalue weighted by Gasteiger charge is -2.18. The van der Waals surface area contributed by atoms with E-state index in [1.54, 1.807) is 57.2 Å². The molecule has 2 aromatic carbocycles. The highest BCUT2D eigenvalue weighted by atomic mass is 35.5. The fourth-order valence-corrected chi connectivity index (χ4v) is 2.52. The summed E-state index contributed by atoms with van der Waals surface area (Å²) in [4.78, 5) is 36.5. The van der Waals surface area contributed by atoms with Crippen LogP contribution in [0.5, 0.6) is 0 Å². The average molecular weight is 402 g/mol. The Kier molecular flexibility index (Phi) is 6.80. The summed E-state index contributed by atoms with van der Waals surface area (Å²) in [5.74, 6) is -0.965. The highest BCUT2D eigenvalue weighted by molar-refractivity contribution is 6.33. The number of nitrogens with one attached hydrogen (secondary N) is 3. The van der Waals surface area contributed by atoms with Gasteiger partial charge in [-0.2, -0.15) is 0 Å². The van der Waals surface area contributed by atoms with E-state index in [-0.39, 0.29) is 12.5 Å². The minimum atomic E-state index is -0.548. The van der Waals surface area contributed by atoms with Crippen molar-refractivity contribution in [2.45, 2.75) is 27.7 Å². The Morgan fingerprint density at radius 3 is 2.36 bits per heavy atom. The molecule has 148 valence electrons. The Bertz CT molecular complexity index is 904. The number of carbonyl (C=O) groups excluding carboxylic acids is 3. The second kappa shape index (κ2) is 8.89. The maximum atomic E-state index is 12.3. The van der Waals surface area contributed by atoms with Crippen LogP contribution in [0.1, 0.15) is 36.7 Å². The Labute approximate surface area is 169 Å². The normalized spacial score (nSPS) is 10.9. The van der Waals surface area contributed by atoms with E-state index in [2.05, 4.69) is 16.0 Å². The van der Waals surface area contributed by atoms with Gasteiger partial charge < -0.3 is 16.0 Å². The molecule has 2 rings (SSSR count). The lowest BCUT2D eigenvalue weighted by atomic mass is 9.95. The van der Waals surface area contributed by atoms with Crippen LogP contribution in [0.15, 0.2) is 42.5 Å². The van der Waals surface area contributed by atoms with Gasteiger partial charge in [-0.05, 0) is 42.8 Å². The van der Waals surface area contributed by atoms with Crippen molar-refractivity contribution in [1.29, 1.82) is 0 Å². The van der Waals surface area contributed by atoms with Gasteiger partial charge in [-0.3, -0.25) is 14.4 Å². The summed E-state index contributed by atoms with van der Waals surface area (Å²) < 4.78 is 0. The summed E-state index contributed by atoms with van der Waals surface area (Å²) in [6.07, 6.45) is 0. The minimum absolute atomic E-state index is 0.153. The molecule has 0 fully saturated rings. The third-order valence-corrected chi connectivity index (χ3v) is 4.18. The average Bonchev–Trinajstić information content (AvgIpc) is 2.61. The van der Waals surface area contributed by atoms with Crippen molar-refractivity contribution >= 4 is 40.7 Å². The quantitative estimate of drug-likeness (QED) is 0.707. The van der Waals surface area contributed by atoms with Crippen LogP contribution >= 0.6 is 11.6 Å². The van der Waals surface area contributed by atoms with Gasteiger partial charge in [-0.1, -0.05) is 44.5 Å². The summed E-state index contributed by atoms with van der Waals surface area (Å²) in [5.41, 5.74) is 1.78. The zero-order valence-corrected chi connectivity index (χ0v) is 17.1. The van der Waals surface area contributed by atoms with Gasteiger partial charge in [-0.25, -0.2) is 0 Å². The maximum absolute atomic E-state index is 12.3. The molecule has 0 aliphatic rings. The van der Waals surface area contributed by atoms with Crippen LogP contribution in [0.4, 0.5) is 11.4 Å². The minimum Gasteiger partial charge on any atom is -0.343 e. The standard InChI is InChI=1S/C21H24ClN3O3/c1-13-8-9-17(16(22)10-13)25-18(26)12-23-19(27)14-6-5-7-15(11-14)24-20(28)21(2,3)4/h5-11H,12H2,1-4H3,(H,23,27)(H,24,28)(H,25,26). The van der Waals surface area contributed by atoms with Gasteiger partial charge in [0.2, 0.25) is 11.8 Å². The third kappa shape index (κ3) is 6.09. The van der Waals surface area contributed by atoms with Crippen molar-refractivity contribution in [2.24, 2.45) is 5.41 Å². The van der Waals surface area contributed by atoms with Crippen molar-refractivity contribution < 1.29 is 14.4 Å². The molecule has 0 aromatic heterocycles. The van der Waals surface area contributed by atoms with Gasteiger partial charge in [0.15, 0.2) is 0 Å². The van der Waals surface area contributed by atoms with Crippen LogP contribution in [-0.2, 0) is 9.59 Å². The number of aryl methyl sites for hydroxylation is 1. The Morgan fingerprint density at radius 1 is 1.00 bits per heavy atom. The molecule has 3 amide bonds. The largest absolute Gasteiger partial charge is 0.343 e. The number of hydrogen-bond acceptors (Lipinski definition) is 3. The van der Waals surface area contributed by atoms with Crippen molar-refractivity contribution in [3.8, 4) is 0 Å². The van der Waals surface area contributed by atoms with Crippen LogP contribution in [0, 0.1) is 12.3 Å². The van der Waals surface area contributed by atoms with Crippen molar-refractivity contribution in [1.82, 2.24) is 5.32 Å². The van der Waals surface area contributed by atoms with E-state index in [1.165, 1.54) is 0 Å². The van der Waals surface area contributed by atoms with Crippen LogP contribution in [0.3, 0.4) is 0 Å². The molecule has 0 heterocycles. The molecule has 28 heavy (non-hydrogen) atoms. The van der Waals surface area contributed by atoms with Gasteiger partial charge in [0, 0.05) is 16.7 Å². The fraction of sp³-hybridized carbons (Fsp3) is 0.286. The molecule has 0 unspecified atom stereocenters. The number of amides is 3. The third-order valence-electron chi connectivity index (χ3n) is 3.87. The van der Waals surface area contributed by atoms with E-state index in [1.807, 2.05) is 13.0 Å². The van der Waals surface area contributed by atoms with Crippen LogP contribution in [0.25, 0.3) is 0 Å². The van der Waals surface area contributed by atoms with Crippen molar-refractivity contribution in [3.05, 3.63) is 58.6 Å². The molecule has 0 bridgehead atoms. The van der Waals surface area contributed by atoms with Gasteiger partial charge in [0.25, 0.3) is 5.91 Å². The number of carbonyl (C=O) groups is 3. The van der Waals surface area contributed by atoms with Crippen LogP contribution in [-0.4, -0.2) is 24.3 Å². The predicted molar refractivity (Wildman–Crippen MR) is 112 cm³/mol. The number of halogens is 1. The highest BCUT2D eigenvalue weighted by Crippen LogP contribution is 2.22. The Hall–Kier alpha value is -2.86. The molecule has 6 nitrogen and oxygen atoms in total. The lowest BCUT2D eigenvalue weighted by molar-refractivity contribution is -0.123. The summed E-state index contributed by atoms with van der Waals surface area (Å²) in [5, 5.41) is 8.41. The number of hydrogen-bond donors (Lipinski definition) is 3. The molecule has 0 radical (unpaired) electrons. The molecule has 0 aliphatic carbocycles. The van der Waals surface area contributed by atoms with E-state index in [9.17, 15) is 14.4 Å². The van der Waals surface area contributed by atoms with E-state index in [4.69, 9.17) is 11.6 Å². The maximum Gasteiger partial charge on any atom is 0.251 e. The van der Waals surface area contributed by atoms with Crippen LogP contribution in [0.2, 0.25) is 5.02 Å². The van der Waals surface area contributed by atoms with Gasteiger partial charge in [0.05, 0.1) is 17.3 Å². The highest BCUT2D eigenvalue weighted by Gasteiger charge is 2.21. The smallest absolute Gasteiger partial charge is 0.251 e. The predicted octanol–water partition coefficient (Wildman–Crippen LogP) is 4.00.